The molecule has 2 atom stereocenters. The molecule has 2 rings (SSSR count). The van der Waals surface area contributed by atoms with Crippen LogP contribution in [0.5, 0.6) is 11.5 Å². The fourth-order valence-corrected chi connectivity index (χ4v) is 4.51. The number of hydrogen-bond donors (Lipinski definition) is 3. The number of nitrogens with one attached hydrogen (secondary N) is 2. The standard InChI is InChI=1S/C27H32F2N2O7S/c1-16(2)24(31-26(36)27(28,29)19-12-18(37-3)10-11-22(19)38-4)25(35)30-20(13-23(33)34)21(32)15-39-14-17-8-6-5-7-9-17/h5-12,16,20,24H,13-15H2,1-4H3,(H,30,35)(H,31,36)(H,33,34)/t20?,24-/m0/s1. The van der Waals surface area contributed by atoms with Crippen LogP contribution in [-0.4, -0.2) is 60.7 Å². The third-order valence-corrected chi connectivity index (χ3v) is 6.73. The zero-order chi connectivity index (χ0) is 29.2. The van der Waals surface area contributed by atoms with Crippen LogP contribution in [0.1, 0.15) is 31.4 Å². The number of carbonyl (C=O) groups excluding carboxylic acids is 3. The van der Waals surface area contributed by atoms with Gasteiger partial charge in [-0.05, 0) is 29.7 Å². The topological polar surface area (TPSA) is 131 Å². The van der Waals surface area contributed by atoms with Crippen molar-refractivity contribution in [3.63, 3.8) is 0 Å². The van der Waals surface area contributed by atoms with E-state index in [1.807, 2.05) is 35.6 Å². The minimum absolute atomic E-state index is 0.0663. The predicted octanol–water partition coefficient (Wildman–Crippen LogP) is 3.40. The minimum atomic E-state index is -4.11. The summed E-state index contributed by atoms with van der Waals surface area (Å²) in [5.74, 6) is -9.19. The molecular formula is C27H32F2N2O7S. The molecule has 1 unspecified atom stereocenters. The summed E-state index contributed by atoms with van der Waals surface area (Å²) < 4.78 is 40.4. The lowest BCUT2D eigenvalue weighted by Crippen LogP contribution is -2.56. The Labute approximate surface area is 229 Å². The lowest BCUT2D eigenvalue weighted by Gasteiger charge is -2.27. The molecule has 2 aromatic rings. The number of carbonyl (C=O) groups is 4. The van der Waals surface area contributed by atoms with Crippen LogP contribution in [0.25, 0.3) is 0 Å². The number of ketones is 1. The lowest BCUT2D eigenvalue weighted by molar-refractivity contribution is -0.150. The molecule has 0 saturated heterocycles. The normalized spacial score (nSPS) is 12.8. The van der Waals surface area contributed by atoms with Crippen LogP contribution < -0.4 is 20.1 Å². The van der Waals surface area contributed by atoms with Gasteiger partial charge in [-0.1, -0.05) is 44.2 Å². The SMILES string of the molecule is COc1ccc(OC)c(C(F)(F)C(=O)N[C@H](C(=O)NC(CC(=O)O)C(=O)CSCc2ccccc2)C(C)C)c1. The van der Waals surface area contributed by atoms with E-state index in [1.54, 1.807) is 0 Å². The molecule has 0 radical (unpaired) electrons. The van der Waals surface area contributed by atoms with Gasteiger partial charge in [0, 0.05) is 5.75 Å². The third-order valence-electron chi connectivity index (χ3n) is 5.71. The van der Waals surface area contributed by atoms with Crippen molar-refractivity contribution in [3.8, 4) is 11.5 Å². The molecule has 212 valence electrons. The quantitative estimate of drug-likeness (QED) is 0.299. The molecule has 12 heteroatoms. The smallest absolute Gasteiger partial charge is 0.353 e. The molecule has 0 aliphatic carbocycles. The van der Waals surface area contributed by atoms with E-state index in [0.29, 0.717) is 5.75 Å². The molecule has 9 nitrogen and oxygen atoms in total. The average Bonchev–Trinajstić information content (AvgIpc) is 2.90. The maximum Gasteiger partial charge on any atom is 0.353 e. The number of benzene rings is 2. The number of Topliss-reactive ketones (excluding diaryl/α,β-unsaturated/α-hetero) is 1. The summed E-state index contributed by atoms with van der Waals surface area (Å²) in [6, 6.07) is 9.97. The van der Waals surface area contributed by atoms with Crippen molar-refractivity contribution in [2.75, 3.05) is 20.0 Å². The monoisotopic (exact) mass is 566 g/mol. The summed E-state index contributed by atoms with van der Waals surface area (Å²) >= 11 is 1.24. The molecule has 3 N–H and O–H groups in total. The van der Waals surface area contributed by atoms with Gasteiger partial charge >= 0.3 is 11.9 Å². The highest BCUT2D eigenvalue weighted by Crippen LogP contribution is 2.37. The van der Waals surface area contributed by atoms with Crippen molar-refractivity contribution in [3.05, 3.63) is 59.7 Å². The van der Waals surface area contributed by atoms with Gasteiger partial charge in [-0.2, -0.15) is 8.78 Å². The maximum atomic E-state index is 15.2. The van der Waals surface area contributed by atoms with Gasteiger partial charge in [0.1, 0.15) is 17.5 Å². The molecular weight excluding hydrogens is 534 g/mol. The Kier molecular flexibility index (Phi) is 11.7. The van der Waals surface area contributed by atoms with Crippen LogP contribution in [-0.2, 0) is 30.9 Å². The first-order valence-corrected chi connectivity index (χ1v) is 13.1. The highest BCUT2D eigenvalue weighted by Gasteiger charge is 2.45. The van der Waals surface area contributed by atoms with Crippen molar-refractivity contribution < 1.29 is 42.5 Å². The number of carboxylic acid groups (broad SMARTS) is 1. The van der Waals surface area contributed by atoms with Crippen molar-refractivity contribution in [2.24, 2.45) is 5.92 Å². The molecule has 0 saturated carbocycles. The number of methoxy groups -OCH3 is 2. The highest BCUT2D eigenvalue weighted by atomic mass is 32.2. The summed E-state index contributed by atoms with van der Waals surface area (Å²) in [5, 5.41) is 13.6. The molecule has 2 aromatic carbocycles. The van der Waals surface area contributed by atoms with E-state index in [2.05, 4.69) is 5.32 Å². The zero-order valence-electron chi connectivity index (χ0n) is 22.0. The molecule has 0 bridgehead atoms. The number of ether oxygens (including phenoxy) is 2. The summed E-state index contributed by atoms with van der Waals surface area (Å²) in [6.45, 7) is 3.02. The van der Waals surface area contributed by atoms with E-state index < -0.39 is 59.5 Å². The average molecular weight is 567 g/mol. The molecule has 39 heavy (non-hydrogen) atoms. The van der Waals surface area contributed by atoms with Gasteiger partial charge in [-0.15, -0.1) is 11.8 Å². The van der Waals surface area contributed by atoms with Crippen LogP contribution in [0, 0.1) is 5.92 Å². The fraction of sp³-hybridized carbons (Fsp3) is 0.407. The van der Waals surface area contributed by atoms with Gasteiger partial charge in [-0.3, -0.25) is 19.2 Å². The van der Waals surface area contributed by atoms with Gasteiger partial charge in [0.15, 0.2) is 5.78 Å². The number of rotatable bonds is 15. The second-order valence-electron chi connectivity index (χ2n) is 8.94. The number of thioether (sulfide) groups is 1. The second-order valence-corrected chi connectivity index (χ2v) is 9.93. The largest absolute Gasteiger partial charge is 0.497 e. The van der Waals surface area contributed by atoms with Gasteiger partial charge in [0.05, 0.1) is 38.0 Å². The number of amides is 2. The Morgan fingerprint density at radius 1 is 1.00 bits per heavy atom. The van der Waals surface area contributed by atoms with E-state index in [4.69, 9.17) is 9.47 Å². The summed E-state index contributed by atoms with van der Waals surface area (Å²) in [4.78, 5) is 49.9. The van der Waals surface area contributed by atoms with Crippen molar-refractivity contribution in [2.45, 2.75) is 44.0 Å². The molecule has 0 aliphatic rings. The Hall–Kier alpha value is -3.67. The molecule has 0 heterocycles. The maximum absolute atomic E-state index is 15.2. The Bertz CT molecular complexity index is 1160. The number of carboxylic acids is 1. The predicted molar refractivity (Wildman–Crippen MR) is 142 cm³/mol. The number of hydrogen-bond acceptors (Lipinski definition) is 7. The van der Waals surface area contributed by atoms with Gasteiger partial charge in [0.2, 0.25) is 5.91 Å². The first-order chi connectivity index (χ1) is 18.4. The molecule has 0 fully saturated rings. The molecule has 0 aromatic heterocycles. The first-order valence-electron chi connectivity index (χ1n) is 12.0. The Morgan fingerprint density at radius 3 is 2.23 bits per heavy atom. The lowest BCUT2D eigenvalue weighted by atomic mass is 10.00. The van der Waals surface area contributed by atoms with E-state index in [9.17, 15) is 24.3 Å². The number of alkyl halides is 2. The van der Waals surface area contributed by atoms with E-state index in [1.165, 1.54) is 52.0 Å². The van der Waals surface area contributed by atoms with E-state index in [-0.39, 0.29) is 17.3 Å². The Balaban J connectivity index is 2.16. The van der Waals surface area contributed by atoms with E-state index >= 15 is 8.78 Å². The number of aliphatic carboxylic acids is 1. The van der Waals surface area contributed by atoms with Crippen LogP contribution >= 0.6 is 11.8 Å². The summed E-state index contributed by atoms with van der Waals surface area (Å²) in [5.41, 5.74) is 0.199. The van der Waals surface area contributed by atoms with Gasteiger partial charge in [-0.25, -0.2) is 0 Å². The minimum Gasteiger partial charge on any atom is -0.497 e. The fourth-order valence-electron chi connectivity index (χ4n) is 3.57. The van der Waals surface area contributed by atoms with Crippen LogP contribution in [0.15, 0.2) is 48.5 Å². The van der Waals surface area contributed by atoms with Gasteiger partial charge in [0.25, 0.3) is 5.91 Å². The second kappa shape index (κ2) is 14.5. The van der Waals surface area contributed by atoms with Gasteiger partial charge < -0.3 is 25.2 Å². The zero-order valence-corrected chi connectivity index (χ0v) is 22.8. The van der Waals surface area contributed by atoms with Crippen LogP contribution in [0.3, 0.4) is 0 Å². The van der Waals surface area contributed by atoms with E-state index in [0.717, 1.165) is 11.6 Å². The van der Waals surface area contributed by atoms with Crippen molar-refractivity contribution in [1.82, 2.24) is 10.6 Å². The molecule has 0 aliphatic heterocycles. The van der Waals surface area contributed by atoms with Crippen molar-refractivity contribution in [1.29, 1.82) is 0 Å². The Morgan fingerprint density at radius 2 is 1.67 bits per heavy atom. The number of halogens is 2. The summed E-state index contributed by atoms with van der Waals surface area (Å²) in [6.07, 6.45) is -0.702. The first kappa shape index (κ1) is 31.5. The molecule has 2 amide bonds. The summed E-state index contributed by atoms with van der Waals surface area (Å²) in [7, 11) is 2.44. The van der Waals surface area contributed by atoms with Crippen molar-refractivity contribution >= 4 is 35.3 Å². The molecule has 0 spiro atoms. The third kappa shape index (κ3) is 8.95. The highest BCUT2D eigenvalue weighted by molar-refractivity contribution is 7.99. The van der Waals surface area contributed by atoms with Crippen LogP contribution in [0.2, 0.25) is 0 Å². The van der Waals surface area contributed by atoms with Crippen LogP contribution in [0.4, 0.5) is 8.78 Å².